The van der Waals surface area contributed by atoms with Gasteiger partial charge in [-0.05, 0) is 43.9 Å². The van der Waals surface area contributed by atoms with E-state index in [0.717, 1.165) is 18.0 Å². The molecule has 0 saturated heterocycles. The normalized spacial score (nSPS) is 15.4. The average molecular weight is 304 g/mol. The van der Waals surface area contributed by atoms with Gasteiger partial charge in [-0.25, -0.2) is 0 Å². The topological polar surface area (TPSA) is 12.9 Å². The molecule has 1 nitrogen and oxygen atoms in total. The Bertz CT molecular complexity index is 502. The van der Waals surface area contributed by atoms with Crippen molar-refractivity contribution in [2.24, 2.45) is 5.92 Å². The lowest BCUT2D eigenvalue weighted by molar-refractivity contribution is 0.559. The van der Waals surface area contributed by atoms with Crippen LogP contribution in [-0.4, -0.2) is 10.2 Å². The molecule has 1 aromatic rings. The van der Waals surface area contributed by atoms with E-state index in [1.807, 2.05) is 18.0 Å². The first-order chi connectivity index (χ1) is 10.0. The number of nitrogens with zero attached hydrogens (tertiary/aromatic N) is 1. The minimum Gasteiger partial charge on any atom is -0.256 e. The Morgan fingerprint density at radius 1 is 1.33 bits per heavy atom. The number of rotatable bonds is 7. The number of hydrogen-bond donors (Lipinski definition) is 0. The van der Waals surface area contributed by atoms with Gasteiger partial charge >= 0.3 is 0 Å². The van der Waals surface area contributed by atoms with E-state index in [4.69, 9.17) is 0 Å². The summed E-state index contributed by atoms with van der Waals surface area (Å²) in [4.78, 5) is 5.95. The molecule has 0 radical (unpaired) electrons. The molecule has 0 N–H and O–H groups in total. The van der Waals surface area contributed by atoms with Crippen LogP contribution in [0.4, 0.5) is 0 Å². The summed E-state index contributed by atoms with van der Waals surface area (Å²) in [7, 11) is 0. The number of aromatic nitrogens is 1. The van der Waals surface area contributed by atoms with Crippen molar-refractivity contribution in [1.82, 2.24) is 4.98 Å². The van der Waals surface area contributed by atoms with Gasteiger partial charge in [-0.3, -0.25) is 4.98 Å². The van der Waals surface area contributed by atoms with E-state index in [1.54, 1.807) is 0 Å². The molecule has 0 aliphatic carbocycles. The molecule has 0 fully saturated rings. The Morgan fingerprint density at radius 3 is 2.57 bits per heavy atom. The first-order valence-corrected chi connectivity index (χ1v) is 8.87. The van der Waals surface area contributed by atoms with Gasteiger partial charge in [0.1, 0.15) is 0 Å². The fourth-order valence-corrected chi connectivity index (χ4v) is 3.28. The molecule has 0 aromatic carbocycles. The SMILES string of the molecule is C/C=C(\SC(C)C(C)CC)c1cnc(/C=C\CC)c(C)c1. The predicted octanol–water partition coefficient (Wildman–Crippen LogP) is 6.34. The van der Waals surface area contributed by atoms with Crippen LogP contribution in [0.15, 0.2) is 24.4 Å². The number of hydrogen-bond acceptors (Lipinski definition) is 2. The molecule has 116 valence electrons. The maximum atomic E-state index is 4.62. The predicted molar refractivity (Wildman–Crippen MR) is 98.5 cm³/mol. The van der Waals surface area contributed by atoms with Gasteiger partial charge in [0.05, 0.1) is 5.69 Å². The maximum Gasteiger partial charge on any atom is 0.0656 e. The Kier molecular flexibility index (Phi) is 7.81. The highest BCUT2D eigenvalue weighted by Crippen LogP contribution is 2.35. The van der Waals surface area contributed by atoms with Gasteiger partial charge < -0.3 is 0 Å². The number of allylic oxidation sites excluding steroid dienone is 2. The molecule has 1 heterocycles. The van der Waals surface area contributed by atoms with Gasteiger partial charge in [-0.1, -0.05) is 46.3 Å². The molecule has 0 aliphatic rings. The second kappa shape index (κ2) is 9.09. The quantitative estimate of drug-likeness (QED) is 0.582. The summed E-state index contributed by atoms with van der Waals surface area (Å²) in [5.74, 6) is 0.728. The summed E-state index contributed by atoms with van der Waals surface area (Å²) in [5.41, 5.74) is 3.56. The molecule has 0 spiro atoms. The van der Waals surface area contributed by atoms with E-state index < -0.39 is 0 Å². The average Bonchev–Trinajstić information content (AvgIpc) is 2.50. The third kappa shape index (κ3) is 5.35. The molecule has 1 aromatic heterocycles. The summed E-state index contributed by atoms with van der Waals surface area (Å²) in [6, 6.07) is 2.26. The van der Waals surface area contributed by atoms with Crippen molar-refractivity contribution in [3.63, 3.8) is 0 Å². The second-order valence-corrected chi connectivity index (χ2v) is 7.02. The summed E-state index contributed by atoms with van der Waals surface area (Å²) in [6.45, 7) is 13.3. The number of thioether (sulfide) groups is 1. The molecule has 2 unspecified atom stereocenters. The Hall–Kier alpha value is -1.02. The number of pyridine rings is 1. The summed E-state index contributed by atoms with van der Waals surface area (Å²) < 4.78 is 0. The van der Waals surface area contributed by atoms with Gasteiger partial charge in [0, 0.05) is 21.9 Å². The smallest absolute Gasteiger partial charge is 0.0656 e. The van der Waals surface area contributed by atoms with E-state index in [-0.39, 0.29) is 0 Å². The van der Waals surface area contributed by atoms with Crippen LogP contribution < -0.4 is 0 Å². The third-order valence-corrected chi connectivity index (χ3v) is 5.50. The Morgan fingerprint density at radius 2 is 2.05 bits per heavy atom. The second-order valence-electron chi connectivity index (χ2n) is 5.60. The lowest BCUT2D eigenvalue weighted by Crippen LogP contribution is -2.08. The highest BCUT2D eigenvalue weighted by atomic mass is 32.2. The van der Waals surface area contributed by atoms with Crippen molar-refractivity contribution in [2.75, 3.05) is 0 Å². The zero-order chi connectivity index (χ0) is 15.8. The molecular weight excluding hydrogens is 274 g/mol. The standard InChI is InChI=1S/C19H29NS/c1-7-10-11-18-15(5)12-17(13-20-18)19(9-3)21-16(6)14(4)8-2/h9-14,16H,7-8H2,1-6H3/b11-10-,19-9-. The van der Waals surface area contributed by atoms with Crippen molar-refractivity contribution in [1.29, 1.82) is 0 Å². The van der Waals surface area contributed by atoms with Crippen molar-refractivity contribution in [3.05, 3.63) is 41.2 Å². The first kappa shape index (κ1) is 18.0. The molecule has 0 amide bonds. The van der Waals surface area contributed by atoms with E-state index in [0.29, 0.717) is 5.25 Å². The van der Waals surface area contributed by atoms with Crippen LogP contribution in [0, 0.1) is 12.8 Å². The maximum absolute atomic E-state index is 4.62. The first-order valence-electron chi connectivity index (χ1n) is 7.99. The van der Waals surface area contributed by atoms with Crippen LogP contribution in [0.3, 0.4) is 0 Å². The molecule has 2 atom stereocenters. The monoisotopic (exact) mass is 303 g/mol. The zero-order valence-corrected chi connectivity index (χ0v) is 15.1. The number of aryl methyl sites for hydroxylation is 1. The minimum atomic E-state index is 0.626. The highest BCUT2D eigenvalue weighted by molar-refractivity contribution is 8.08. The van der Waals surface area contributed by atoms with Gasteiger partial charge in [0.25, 0.3) is 0 Å². The van der Waals surface area contributed by atoms with Crippen molar-refractivity contribution in [3.8, 4) is 0 Å². The van der Waals surface area contributed by atoms with Crippen LogP contribution in [0.1, 0.15) is 64.3 Å². The molecule has 21 heavy (non-hydrogen) atoms. The Labute approximate surface area is 135 Å². The third-order valence-electron chi connectivity index (χ3n) is 3.94. The van der Waals surface area contributed by atoms with Gasteiger partial charge in [-0.15, -0.1) is 11.8 Å². The van der Waals surface area contributed by atoms with Crippen LogP contribution >= 0.6 is 11.8 Å². The van der Waals surface area contributed by atoms with Crippen molar-refractivity contribution in [2.45, 2.75) is 59.6 Å². The largest absolute Gasteiger partial charge is 0.256 e. The molecule has 1 rings (SSSR count). The zero-order valence-electron chi connectivity index (χ0n) is 14.3. The lowest BCUT2D eigenvalue weighted by atomic mass is 10.1. The fourth-order valence-electron chi connectivity index (χ4n) is 2.08. The summed E-state index contributed by atoms with van der Waals surface area (Å²) in [6.07, 6.45) is 10.8. The van der Waals surface area contributed by atoms with Gasteiger partial charge in [0.2, 0.25) is 0 Å². The molecular formula is C19H29NS. The molecule has 0 saturated carbocycles. The summed E-state index contributed by atoms with van der Waals surface area (Å²) in [5, 5.41) is 0.626. The molecule has 0 aliphatic heterocycles. The van der Waals surface area contributed by atoms with Crippen molar-refractivity contribution >= 4 is 22.7 Å². The van der Waals surface area contributed by atoms with Crippen molar-refractivity contribution < 1.29 is 0 Å². The van der Waals surface area contributed by atoms with Crippen LogP contribution in [0.5, 0.6) is 0 Å². The van der Waals surface area contributed by atoms with Gasteiger partial charge in [0.15, 0.2) is 0 Å². The van der Waals surface area contributed by atoms with Crippen LogP contribution in [0.25, 0.3) is 11.0 Å². The van der Waals surface area contributed by atoms with Crippen LogP contribution in [-0.2, 0) is 0 Å². The fraction of sp³-hybridized carbons (Fsp3) is 0.526. The summed E-state index contributed by atoms with van der Waals surface area (Å²) >= 11 is 1.97. The minimum absolute atomic E-state index is 0.626. The Balaban J connectivity index is 2.92. The van der Waals surface area contributed by atoms with E-state index in [1.165, 1.54) is 22.5 Å². The van der Waals surface area contributed by atoms with Gasteiger partial charge in [-0.2, -0.15) is 0 Å². The lowest BCUT2D eigenvalue weighted by Gasteiger charge is -2.19. The van der Waals surface area contributed by atoms with Crippen LogP contribution in [0.2, 0.25) is 0 Å². The molecule has 2 heteroatoms. The van der Waals surface area contributed by atoms with E-state index in [9.17, 15) is 0 Å². The van der Waals surface area contributed by atoms with E-state index >= 15 is 0 Å². The molecule has 0 bridgehead atoms. The highest BCUT2D eigenvalue weighted by Gasteiger charge is 2.14. The van der Waals surface area contributed by atoms with E-state index in [2.05, 4.69) is 70.8 Å².